The number of rotatable bonds is 3. The van der Waals surface area contributed by atoms with Crippen molar-refractivity contribution in [3.8, 4) is 0 Å². The van der Waals surface area contributed by atoms with Crippen LogP contribution in [0.2, 0.25) is 0 Å². The number of nitrogens with zero attached hydrogens (tertiary/aromatic N) is 4. The molecule has 29 heavy (non-hydrogen) atoms. The lowest BCUT2D eigenvalue weighted by Crippen LogP contribution is -2.50. The second kappa shape index (κ2) is 7.49. The average Bonchev–Trinajstić information content (AvgIpc) is 2.73. The highest BCUT2D eigenvalue weighted by atomic mass is 32.2. The van der Waals surface area contributed by atoms with E-state index in [0.29, 0.717) is 11.0 Å². The maximum atomic E-state index is 13.9. The topological polar surface area (TPSA) is 83.5 Å². The molecule has 9 heteroatoms. The van der Waals surface area contributed by atoms with Gasteiger partial charge in [-0.25, -0.2) is 12.8 Å². The molecule has 0 aliphatic carbocycles. The number of amides is 1. The summed E-state index contributed by atoms with van der Waals surface area (Å²) in [6.45, 7) is 2.65. The lowest BCUT2D eigenvalue weighted by molar-refractivity contribution is 0.0699. The maximum Gasteiger partial charge on any atom is 0.256 e. The fourth-order valence-corrected chi connectivity index (χ4v) is 4.79. The van der Waals surface area contributed by atoms with Crippen LogP contribution in [-0.2, 0) is 10.0 Å². The second-order valence-electron chi connectivity index (χ2n) is 6.89. The number of hydrogen-bond acceptors (Lipinski definition) is 5. The maximum absolute atomic E-state index is 13.9. The molecule has 0 spiro atoms. The smallest absolute Gasteiger partial charge is 0.256 e. The lowest BCUT2D eigenvalue weighted by Gasteiger charge is -2.34. The molecule has 2 aromatic carbocycles. The molecule has 3 aromatic rings. The van der Waals surface area contributed by atoms with Crippen molar-refractivity contribution in [3.05, 3.63) is 65.7 Å². The molecule has 1 saturated heterocycles. The van der Waals surface area contributed by atoms with Crippen LogP contribution in [0.3, 0.4) is 0 Å². The lowest BCUT2D eigenvalue weighted by atomic mass is 10.1. The largest absolute Gasteiger partial charge is 0.336 e. The third-order valence-electron chi connectivity index (χ3n) is 4.95. The summed E-state index contributed by atoms with van der Waals surface area (Å²) >= 11 is 0. The number of benzene rings is 2. The summed E-state index contributed by atoms with van der Waals surface area (Å²) in [4.78, 5) is 22.9. The fraction of sp³-hybridized carbons (Fsp3) is 0.250. The van der Waals surface area contributed by atoms with Crippen LogP contribution in [0.5, 0.6) is 0 Å². The Morgan fingerprint density at radius 1 is 1.00 bits per heavy atom. The molecule has 4 rings (SSSR count). The molecule has 0 atom stereocenters. The molecule has 7 nitrogen and oxygen atoms in total. The highest BCUT2D eigenvalue weighted by molar-refractivity contribution is 7.89. The quantitative estimate of drug-likeness (QED) is 0.656. The summed E-state index contributed by atoms with van der Waals surface area (Å²) in [5, 5.41) is 0. The summed E-state index contributed by atoms with van der Waals surface area (Å²) < 4.78 is 40.9. The number of carbonyl (C=O) groups excluding carboxylic acids is 1. The molecule has 1 aromatic heterocycles. The van der Waals surface area contributed by atoms with Gasteiger partial charge in [0.15, 0.2) is 0 Å². The molecule has 0 bridgehead atoms. The molecule has 1 fully saturated rings. The van der Waals surface area contributed by atoms with Gasteiger partial charge in [0.1, 0.15) is 11.3 Å². The van der Waals surface area contributed by atoms with Crippen LogP contribution in [0.15, 0.2) is 53.7 Å². The normalized spacial score (nSPS) is 15.6. The van der Waals surface area contributed by atoms with E-state index >= 15 is 0 Å². The molecule has 0 unspecified atom stereocenters. The van der Waals surface area contributed by atoms with Gasteiger partial charge in [-0.1, -0.05) is 17.7 Å². The molecular formula is C20H19FN4O3S. The van der Waals surface area contributed by atoms with Crippen molar-refractivity contribution in [2.45, 2.75) is 11.8 Å². The van der Waals surface area contributed by atoms with Crippen molar-refractivity contribution in [3.63, 3.8) is 0 Å². The predicted octanol–water partition coefficient (Wildman–Crippen LogP) is 2.22. The van der Waals surface area contributed by atoms with Crippen LogP contribution < -0.4 is 0 Å². The first-order valence-corrected chi connectivity index (χ1v) is 10.6. The Balaban J connectivity index is 1.53. The first-order valence-electron chi connectivity index (χ1n) is 9.12. The SMILES string of the molecule is Cc1ccc(S(=O)(=O)N2CCN(C(=O)c3cc(F)cc4nccnc34)CC2)cc1. The Bertz CT molecular complexity index is 1170. The summed E-state index contributed by atoms with van der Waals surface area (Å²) in [6, 6.07) is 9.05. The van der Waals surface area contributed by atoms with Crippen molar-refractivity contribution >= 4 is 27.0 Å². The van der Waals surface area contributed by atoms with E-state index in [0.717, 1.165) is 11.6 Å². The van der Waals surface area contributed by atoms with E-state index < -0.39 is 15.8 Å². The molecule has 0 saturated carbocycles. The molecular weight excluding hydrogens is 395 g/mol. The summed E-state index contributed by atoms with van der Waals surface area (Å²) in [5.74, 6) is -0.954. The molecule has 150 valence electrons. The van der Waals surface area contributed by atoms with E-state index in [4.69, 9.17) is 0 Å². The first kappa shape index (κ1) is 19.4. The van der Waals surface area contributed by atoms with Gasteiger partial charge in [0.05, 0.1) is 16.0 Å². The van der Waals surface area contributed by atoms with Crippen molar-refractivity contribution in [1.82, 2.24) is 19.2 Å². The third kappa shape index (κ3) is 3.70. The number of aromatic nitrogens is 2. The highest BCUT2D eigenvalue weighted by Gasteiger charge is 2.31. The highest BCUT2D eigenvalue weighted by Crippen LogP contribution is 2.22. The van der Waals surface area contributed by atoms with Gasteiger partial charge in [0.25, 0.3) is 5.91 Å². The van der Waals surface area contributed by atoms with E-state index in [9.17, 15) is 17.6 Å². The summed E-state index contributed by atoms with van der Waals surface area (Å²) in [7, 11) is -3.62. The fourth-order valence-electron chi connectivity index (χ4n) is 3.36. The Hall–Kier alpha value is -2.91. The van der Waals surface area contributed by atoms with Gasteiger partial charge in [-0.2, -0.15) is 4.31 Å². The average molecular weight is 414 g/mol. The minimum Gasteiger partial charge on any atom is -0.336 e. The van der Waals surface area contributed by atoms with Crippen LogP contribution in [0.1, 0.15) is 15.9 Å². The summed E-state index contributed by atoms with van der Waals surface area (Å²) in [5.41, 5.74) is 1.73. The molecule has 1 amide bonds. The van der Waals surface area contributed by atoms with Crippen molar-refractivity contribution < 1.29 is 17.6 Å². The molecule has 1 aliphatic rings. The predicted molar refractivity (Wildman–Crippen MR) is 105 cm³/mol. The zero-order valence-corrected chi connectivity index (χ0v) is 16.6. The van der Waals surface area contributed by atoms with E-state index in [1.165, 1.54) is 27.7 Å². The number of aryl methyl sites for hydroxylation is 1. The number of sulfonamides is 1. The van der Waals surface area contributed by atoms with Gasteiger partial charge in [-0.15, -0.1) is 0 Å². The van der Waals surface area contributed by atoms with E-state index in [1.807, 2.05) is 6.92 Å². The zero-order valence-electron chi connectivity index (χ0n) is 15.7. The van der Waals surface area contributed by atoms with Crippen LogP contribution in [0.25, 0.3) is 11.0 Å². The van der Waals surface area contributed by atoms with E-state index in [1.54, 1.807) is 24.3 Å². The van der Waals surface area contributed by atoms with Crippen LogP contribution in [-0.4, -0.2) is 59.7 Å². The van der Waals surface area contributed by atoms with Crippen LogP contribution in [0, 0.1) is 12.7 Å². The van der Waals surface area contributed by atoms with Gasteiger partial charge in [-0.3, -0.25) is 14.8 Å². The first-order chi connectivity index (χ1) is 13.9. The Kier molecular flexibility index (Phi) is 5.01. The van der Waals surface area contributed by atoms with Gasteiger partial charge < -0.3 is 4.90 Å². The Morgan fingerprint density at radius 2 is 1.66 bits per heavy atom. The number of carbonyl (C=O) groups is 1. The van der Waals surface area contributed by atoms with Crippen LogP contribution >= 0.6 is 0 Å². The minimum atomic E-state index is -3.62. The standard InChI is InChI=1S/C20H19FN4O3S/c1-14-2-4-16(5-3-14)29(27,28)25-10-8-24(9-11-25)20(26)17-12-15(21)13-18-19(17)23-7-6-22-18/h2-7,12-13H,8-11H2,1H3. The monoisotopic (exact) mass is 414 g/mol. The molecule has 1 aliphatic heterocycles. The number of piperazine rings is 1. The molecule has 0 N–H and O–H groups in total. The molecule has 2 heterocycles. The molecule has 0 radical (unpaired) electrons. The number of fused-ring (bicyclic) bond motifs is 1. The van der Waals surface area contributed by atoms with E-state index in [2.05, 4.69) is 9.97 Å². The van der Waals surface area contributed by atoms with Crippen LogP contribution in [0.4, 0.5) is 4.39 Å². The van der Waals surface area contributed by atoms with Gasteiger partial charge in [0, 0.05) is 44.6 Å². The third-order valence-corrected chi connectivity index (χ3v) is 6.87. The Morgan fingerprint density at radius 3 is 2.34 bits per heavy atom. The van der Waals surface area contributed by atoms with Gasteiger partial charge in [0.2, 0.25) is 10.0 Å². The van der Waals surface area contributed by atoms with E-state index in [-0.39, 0.29) is 42.5 Å². The van der Waals surface area contributed by atoms with Gasteiger partial charge >= 0.3 is 0 Å². The minimum absolute atomic E-state index is 0.128. The van der Waals surface area contributed by atoms with Crippen molar-refractivity contribution in [2.75, 3.05) is 26.2 Å². The Labute approximate surface area is 167 Å². The number of halogens is 1. The number of hydrogen-bond donors (Lipinski definition) is 0. The van der Waals surface area contributed by atoms with Crippen molar-refractivity contribution in [2.24, 2.45) is 0 Å². The zero-order chi connectivity index (χ0) is 20.6. The van der Waals surface area contributed by atoms with Gasteiger partial charge in [-0.05, 0) is 25.1 Å². The van der Waals surface area contributed by atoms with Crippen molar-refractivity contribution in [1.29, 1.82) is 0 Å². The summed E-state index contributed by atoms with van der Waals surface area (Å²) in [6.07, 6.45) is 2.88. The second-order valence-corrected chi connectivity index (χ2v) is 8.82.